The first-order valence-corrected chi connectivity index (χ1v) is 13.2. The largest absolute Gasteiger partial charge is 0.453 e. The molecule has 0 saturated carbocycles. The number of methoxy groups -OCH3 is 1. The summed E-state index contributed by atoms with van der Waals surface area (Å²) in [6.45, 7) is 3.26. The molecule has 1 saturated heterocycles. The Morgan fingerprint density at radius 3 is 2.81 bits per heavy atom. The summed E-state index contributed by atoms with van der Waals surface area (Å²) in [7, 11) is 1.34. The highest BCUT2D eigenvalue weighted by Crippen LogP contribution is 2.29. The van der Waals surface area contributed by atoms with Crippen molar-refractivity contribution in [2.75, 3.05) is 32.1 Å². The van der Waals surface area contributed by atoms with Gasteiger partial charge in [0, 0.05) is 25.5 Å². The van der Waals surface area contributed by atoms with E-state index >= 15 is 0 Å². The summed E-state index contributed by atoms with van der Waals surface area (Å²) in [6, 6.07) is 9.00. The minimum atomic E-state index is -1.68. The number of carbonyl (C=O) groups excluding carboxylic acids is 2. The standard InChI is InChI=1S/C28H30FN9O4/c1-28(2,41)25(29)14-32-26(39)21-13-31-23(24-5-4-19-8-17(10-30)11-34-38(19)24)9-22(21)35-18-12-33-37(15-18)20-6-7-36(16-20)27(40)42-3/h4-5,8-9,11-13,15,20,25,41H,6-7,14,16H2,1-3H3,(H,31,35)(H,32,39)/t20-,25+/m0/s1. The predicted octanol–water partition coefficient (Wildman–Crippen LogP) is 3.06. The van der Waals surface area contributed by atoms with Crippen LogP contribution in [0, 0.1) is 11.3 Å². The van der Waals surface area contributed by atoms with E-state index in [-0.39, 0.29) is 17.7 Å². The van der Waals surface area contributed by atoms with E-state index in [1.54, 1.807) is 50.8 Å². The van der Waals surface area contributed by atoms with Crippen molar-refractivity contribution in [2.45, 2.75) is 38.1 Å². The van der Waals surface area contributed by atoms with E-state index in [9.17, 15) is 24.3 Å². The lowest BCUT2D eigenvalue weighted by Gasteiger charge is -2.22. The van der Waals surface area contributed by atoms with E-state index in [2.05, 4.69) is 31.9 Å². The number of alkyl halides is 1. The summed E-state index contributed by atoms with van der Waals surface area (Å²) in [5, 5.41) is 33.7. The van der Waals surface area contributed by atoms with Crippen LogP contribution in [0.15, 0.2) is 49.1 Å². The molecule has 2 amide bonds. The first-order chi connectivity index (χ1) is 20.1. The van der Waals surface area contributed by atoms with Gasteiger partial charge in [0.25, 0.3) is 5.91 Å². The van der Waals surface area contributed by atoms with Gasteiger partial charge in [-0.1, -0.05) is 0 Å². The minimum Gasteiger partial charge on any atom is -0.453 e. The summed E-state index contributed by atoms with van der Waals surface area (Å²) in [4.78, 5) is 31.1. The third kappa shape index (κ3) is 5.86. The molecule has 1 aliphatic heterocycles. The molecule has 4 aromatic rings. The number of anilines is 2. The Labute approximate surface area is 240 Å². The molecular weight excluding hydrogens is 545 g/mol. The van der Waals surface area contributed by atoms with Crippen LogP contribution in [0.1, 0.15) is 42.2 Å². The molecule has 2 atom stereocenters. The third-order valence-electron chi connectivity index (χ3n) is 7.10. The highest BCUT2D eigenvalue weighted by Gasteiger charge is 2.29. The number of pyridine rings is 1. The Balaban J connectivity index is 1.44. The van der Waals surface area contributed by atoms with Gasteiger partial charge < -0.3 is 25.4 Å². The molecule has 1 fully saturated rings. The zero-order valence-electron chi connectivity index (χ0n) is 23.3. The molecule has 0 unspecified atom stereocenters. The number of rotatable bonds is 8. The van der Waals surface area contributed by atoms with Gasteiger partial charge in [-0.2, -0.15) is 15.5 Å². The van der Waals surface area contributed by atoms with Crippen molar-refractivity contribution < 1.29 is 23.8 Å². The smallest absolute Gasteiger partial charge is 0.409 e. The molecule has 14 heteroatoms. The number of fused-ring (bicyclic) bond motifs is 1. The number of amides is 2. The van der Waals surface area contributed by atoms with Gasteiger partial charge in [0.2, 0.25) is 0 Å². The average Bonchev–Trinajstić information content (AvgIpc) is 3.74. The number of nitrogens with one attached hydrogen (secondary N) is 2. The Morgan fingerprint density at radius 2 is 2.07 bits per heavy atom. The number of nitrogens with zero attached hydrogens (tertiary/aromatic N) is 7. The first-order valence-electron chi connectivity index (χ1n) is 13.2. The quantitative estimate of drug-likeness (QED) is 0.287. The van der Waals surface area contributed by atoms with E-state index in [1.807, 2.05) is 0 Å². The van der Waals surface area contributed by atoms with Crippen molar-refractivity contribution in [1.82, 2.24) is 34.6 Å². The molecule has 13 nitrogen and oxygen atoms in total. The van der Waals surface area contributed by atoms with Gasteiger partial charge in [-0.3, -0.25) is 14.5 Å². The molecular formula is C28H30FN9O4. The van der Waals surface area contributed by atoms with Gasteiger partial charge >= 0.3 is 6.09 Å². The Bertz CT molecular complexity index is 1670. The van der Waals surface area contributed by atoms with E-state index in [0.717, 1.165) is 0 Å². The van der Waals surface area contributed by atoms with Crippen LogP contribution in [-0.4, -0.2) is 84.9 Å². The minimum absolute atomic E-state index is 0.0461. The highest BCUT2D eigenvalue weighted by atomic mass is 19.1. The topological polar surface area (TPSA) is 163 Å². The lowest BCUT2D eigenvalue weighted by molar-refractivity contribution is -0.00177. The van der Waals surface area contributed by atoms with Gasteiger partial charge in [0.15, 0.2) is 0 Å². The molecule has 1 aliphatic rings. The fourth-order valence-corrected chi connectivity index (χ4v) is 4.67. The molecule has 3 N–H and O–H groups in total. The fourth-order valence-electron chi connectivity index (χ4n) is 4.67. The molecule has 4 aromatic heterocycles. The second-order valence-corrected chi connectivity index (χ2v) is 10.6. The van der Waals surface area contributed by atoms with E-state index in [1.165, 1.54) is 33.4 Å². The highest BCUT2D eigenvalue weighted by molar-refractivity contribution is 6.00. The number of nitriles is 1. The number of carbonyl (C=O) groups is 2. The van der Waals surface area contributed by atoms with Crippen LogP contribution in [0.5, 0.6) is 0 Å². The number of ether oxygens (including phenoxy) is 1. The first kappa shape index (κ1) is 28.5. The van der Waals surface area contributed by atoms with Crippen LogP contribution < -0.4 is 10.6 Å². The zero-order chi connectivity index (χ0) is 30.0. The SMILES string of the molecule is COC(=O)N1CC[C@H](n2cc(Nc3cc(-c4ccc5cc(C#N)cnn45)ncc3C(=O)NC[C@@H](F)C(C)(C)O)cn2)C1. The van der Waals surface area contributed by atoms with Gasteiger partial charge in [-0.25, -0.2) is 13.7 Å². The van der Waals surface area contributed by atoms with E-state index in [0.29, 0.717) is 53.4 Å². The Hall–Kier alpha value is -5.03. The molecule has 42 heavy (non-hydrogen) atoms. The van der Waals surface area contributed by atoms with Crippen molar-refractivity contribution in [2.24, 2.45) is 0 Å². The summed E-state index contributed by atoms with van der Waals surface area (Å²) in [5.74, 6) is -0.586. The van der Waals surface area contributed by atoms with E-state index in [4.69, 9.17) is 4.74 Å². The van der Waals surface area contributed by atoms with Crippen molar-refractivity contribution in [1.29, 1.82) is 5.26 Å². The number of halogens is 1. The van der Waals surface area contributed by atoms with Gasteiger partial charge in [-0.15, -0.1) is 0 Å². The van der Waals surface area contributed by atoms with E-state index < -0.39 is 24.2 Å². The molecule has 0 radical (unpaired) electrons. The zero-order valence-corrected chi connectivity index (χ0v) is 23.3. The molecule has 0 aliphatic carbocycles. The Kier molecular flexibility index (Phi) is 7.77. The lowest BCUT2D eigenvalue weighted by atomic mass is 10.0. The molecule has 0 bridgehead atoms. The summed E-state index contributed by atoms with van der Waals surface area (Å²) >= 11 is 0. The lowest BCUT2D eigenvalue weighted by Crippen LogP contribution is -2.42. The van der Waals surface area contributed by atoms with Crippen molar-refractivity contribution in [3.05, 3.63) is 60.2 Å². The maximum Gasteiger partial charge on any atom is 0.409 e. The number of aliphatic hydroxyl groups is 1. The van der Waals surface area contributed by atoms with Crippen molar-refractivity contribution in [3.63, 3.8) is 0 Å². The molecule has 0 spiro atoms. The van der Waals surface area contributed by atoms with Crippen molar-refractivity contribution in [3.8, 4) is 17.5 Å². The predicted molar refractivity (Wildman–Crippen MR) is 150 cm³/mol. The average molecular weight is 576 g/mol. The summed E-state index contributed by atoms with van der Waals surface area (Å²) < 4.78 is 22.6. The van der Waals surface area contributed by atoms with Crippen LogP contribution >= 0.6 is 0 Å². The third-order valence-corrected chi connectivity index (χ3v) is 7.10. The monoisotopic (exact) mass is 575 g/mol. The van der Waals surface area contributed by atoms with Crippen LogP contribution in [0.25, 0.3) is 16.9 Å². The Morgan fingerprint density at radius 1 is 1.26 bits per heavy atom. The van der Waals surface area contributed by atoms with Crippen LogP contribution in [0.3, 0.4) is 0 Å². The normalized spacial score (nSPS) is 15.8. The van der Waals surface area contributed by atoms with Crippen LogP contribution in [-0.2, 0) is 4.74 Å². The molecule has 218 valence electrons. The molecule has 5 heterocycles. The van der Waals surface area contributed by atoms with Gasteiger partial charge in [-0.05, 0) is 44.5 Å². The van der Waals surface area contributed by atoms with Crippen LogP contribution in [0.2, 0.25) is 0 Å². The number of likely N-dealkylation sites (tertiary alicyclic amines) is 1. The summed E-state index contributed by atoms with van der Waals surface area (Å²) in [5.41, 5.74) is 1.71. The van der Waals surface area contributed by atoms with Crippen LogP contribution in [0.4, 0.5) is 20.6 Å². The second kappa shape index (κ2) is 11.5. The number of aromatic nitrogens is 5. The van der Waals surface area contributed by atoms with Gasteiger partial charge in [0.05, 0.1) is 77.1 Å². The fraction of sp³-hybridized carbons (Fsp3) is 0.357. The summed E-state index contributed by atoms with van der Waals surface area (Å²) in [6.07, 6.45) is 4.84. The van der Waals surface area contributed by atoms with Crippen molar-refractivity contribution >= 4 is 28.9 Å². The maximum absolute atomic E-state index is 14.4. The molecule has 0 aromatic carbocycles. The second-order valence-electron chi connectivity index (χ2n) is 10.6. The number of hydrogen-bond acceptors (Lipinski definition) is 9. The van der Waals surface area contributed by atoms with Gasteiger partial charge in [0.1, 0.15) is 12.2 Å². The number of hydrogen-bond donors (Lipinski definition) is 3. The molecule has 5 rings (SSSR count). The maximum atomic E-state index is 14.4.